The quantitative estimate of drug-likeness (QED) is 0.428. The normalized spacial score (nSPS) is 12.8. The minimum atomic E-state index is -3.01. The van der Waals surface area contributed by atoms with E-state index in [2.05, 4.69) is 6.58 Å². The molecule has 0 N–H and O–H groups in total. The molecule has 0 bridgehead atoms. The average Bonchev–Trinajstić information content (AvgIpc) is 2.35. The van der Waals surface area contributed by atoms with Crippen molar-refractivity contribution in [1.82, 2.24) is 0 Å². The number of carbonyl (C=O) groups excluding carboxylic acids is 1. The lowest BCUT2D eigenvalue weighted by Crippen LogP contribution is -2.23. The summed E-state index contributed by atoms with van der Waals surface area (Å²) in [5.41, 5.74) is 0. The second kappa shape index (κ2) is 7.28. The topological polar surface area (TPSA) is 26.3 Å². The van der Waals surface area contributed by atoms with E-state index in [0.29, 0.717) is 16.7 Å². The van der Waals surface area contributed by atoms with Gasteiger partial charge in [0.1, 0.15) is 6.61 Å². The fourth-order valence-corrected chi connectivity index (χ4v) is 2.40. The van der Waals surface area contributed by atoms with E-state index in [9.17, 15) is 13.6 Å². The van der Waals surface area contributed by atoms with Gasteiger partial charge in [0, 0.05) is 11.3 Å². The summed E-state index contributed by atoms with van der Waals surface area (Å²) in [6.07, 6.45) is 0.851. The van der Waals surface area contributed by atoms with Crippen LogP contribution in [0.4, 0.5) is 8.78 Å². The number of thioether (sulfide) groups is 1. The van der Waals surface area contributed by atoms with Gasteiger partial charge in [-0.15, -0.1) is 0 Å². The molecule has 0 heterocycles. The van der Waals surface area contributed by atoms with E-state index >= 15 is 0 Å². The fraction of sp³-hybridized carbons (Fsp3) is 0.357. The van der Waals surface area contributed by atoms with Gasteiger partial charge >= 0.3 is 5.97 Å². The van der Waals surface area contributed by atoms with Crippen LogP contribution in [-0.4, -0.2) is 17.8 Å². The van der Waals surface area contributed by atoms with Crippen LogP contribution in [0.1, 0.15) is 13.3 Å². The first-order valence-electron chi connectivity index (χ1n) is 5.84. The first-order chi connectivity index (χ1) is 8.94. The Hall–Kier alpha value is -1.36. The summed E-state index contributed by atoms with van der Waals surface area (Å²) in [6, 6.07) is 8.37. The Morgan fingerprint density at radius 1 is 1.47 bits per heavy atom. The van der Waals surface area contributed by atoms with Crippen molar-refractivity contribution in [2.75, 3.05) is 6.61 Å². The average molecular weight is 286 g/mol. The predicted octanol–water partition coefficient (Wildman–Crippen LogP) is 4.13. The van der Waals surface area contributed by atoms with Crippen molar-refractivity contribution in [2.24, 2.45) is 5.92 Å². The van der Waals surface area contributed by atoms with Crippen molar-refractivity contribution >= 4 is 17.7 Å². The standard InChI is InChI=1S/C14H16F2O2S/c1-3-9-18-13(17)11(2)10-14(15,16)19-12-7-5-4-6-8-12/h3-8,11H,1,9-10H2,2H3. The van der Waals surface area contributed by atoms with Gasteiger partial charge in [-0.25, -0.2) is 0 Å². The molecule has 0 spiro atoms. The predicted molar refractivity (Wildman–Crippen MR) is 72.2 cm³/mol. The minimum absolute atomic E-state index is 0.0422. The van der Waals surface area contributed by atoms with Crippen LogP contribution in [0.3, 0.4) is 0 Å². The molecular weight excluding hydrogens is 270 g/mol. The molecule has 0 fully saturated rings. The van der Waals surface area contributed by atoms with Crippen LogP contribution in [0.15, 0.2) is 47.9 Å². The summed E-state index contributed by atoms with van der Waals surface area (Å²) in [6.45, 7) is 4.87. The number of carbonyl (C=O) groups is 1. The maximum Gasteiger partial charge on any atom is 0.309 e. The van der Waals surface area contributed by atoms with E-state index in [4.69, 9.17) is 4.74 Å². The molecule has 0 saturated heterocycles. The zero-order valence-electron chi connectivity index (χ0n) is 10.6. The second-order valence-corrected chi connectivity index (χ2v) is 5.35. The molecule has 1 aromatic carbocycles. The Balaban J connectivity index is 2.53. The van der Waals surface area contributed by atoms with Crippen LogP contribution >= 0.6 is 11.8 Å². The number of hydrogen-bond acceptors (Lipinski definition) is 3. The highest BCUT2D eigenvalue weighted by atomic mass is 32.2. The lowest BCUT2D eigenvalue weighted by Gasteiger charge is -2.19. The highest BCUT2D eigenvalue weighted by Gasteiger charge is 2.35. The maximum atomic E-state index is 13.8. The zero-order valence-corrected chi connectivity index (χ0v) is 11.5. The third-order valence-electron chi connectivity index (χ3n) is 2.30. The number of ether oxygens (including phenoxy) is 1. The maximum absolute atomic E-state index is 13.8. The number of alkyl halides is 2. The molecule has 0 saturated carbocycles. The fourth-order valence-electron chi connectivity index (χ4n) is 1.43. The van der Waals surface area contributed by atoms with E-state index in [1.807, 2.05) is 0 Å². The monoisotopic (exact) mass is 286 g/mol. The second-order valence-electron chi connectivity index (χ2n) is 4.08. The molecule has 5 heteroatoms. The van der Waals surface area contributed by atoms with E-state index in [1.165, 1.54) is 13.0 Å². The number of benzene rings is 1. The summed E-state index contributed by atoms with van der Waals surface area (Å²) in [5.74, 6) is -1.49. The van der Waals surface area contributed by atoms with Crippen molar-refractivity contribution in [3.05, 3.63) is 43.0 Å². The van der Waals surface area contributed by atoms with Gasteiger partial charge < -0.3 is 4.74 Å². The van der Waals surface area contributed by atoms with E-state index in [0.717, 1.165) is 0 Å². The van der Waals surface area contributed by atoms with Crippen LogP contribution in [0.25, 0.3) is 0 Å². The molecule has 0 aliphatic heterocycles. The third-order valence-corrected chi connectivity index (χ3v) is 3.27. The Morgan fingerprint density at radius 3 is 2.68 bits per heavy atom. The molecule has 1 rings (SSSR count). The molecule has 0 aliphatic rings. The number of rotatable bonds is 7. The van der Waals surface area contributed by atoms with Crippen LogP contribution in [0, 0.1) is 5.92 Å². The van der Waals surface area contributed by atoms with Crippen LogP contribution < -0.4 is 0 Å². The number of hydrogen-bond donors (Lipinski definition) is 0. The Bertz CT molecular complexity index is 421. The highest BCUT2D eigenvalue weighted by Crippen LogP contribution is 2.40. The van der Waals surface area contributed by atoms with Gasteiger partial charge in [-0.3, -0.25) is 4.79 Å². The summed E-state index contributed by atoms with van der Waals surface area (Å²) < 4.78 is 32.3. The molecule has 1 atom stereocenters. The molecule has 2 nitrogen and oxygen atoms in total. The van der Waals surface area contributed by atoms with Crippen LogP contribution in [0.5, 0.6) is 0 Å². The number of halogens is 2. The molecule has 0 aliphatic carbocycles. The van der Waals surface area contributed by atoms with Gasteiger partial charge in [0.25, 0.3) is 5.25 Å². The van der Waals surface area contributed by atoms with Gasteiger partial charge in [0.15, 0.2) is 0 Å². The molecule has 0 radical (unpaired) electrons. The lowest BCUT2D eigenvalue weighted by atomic mass is 10.1. The Morgan fingerprint density at radius 2 is 2.11 bits per heavy atom. The third kappa shape index (κ3) is 5.87. The molecule has 104 valence electrons. The molecule has 19 heavy (non-hydrogen) atoms. The molecule has 1 unspecified atom stereocenters. The van der Waals surface area contributed by atoms with E-state index < -0.39 is 23.6 Å². The van der Waals surface area contributed by atoms with Gasteiger partial charge in [-0.05, 0) is 12.1 Å². The summed E-state index contributed by atoms with van der Waals surface area (Å²) in [7, 11) is 0. The number of esters is 1. The summed E-state index contributed by atoms with van der Waals surface area (Å²) in [5, 5.41) is -3.01. The van der Waals surface area contributed by atoms with E-state index in [-0.39, 0.29) is 6.61 Å². The highest BCUT2D eigenvalue weighted by molar-refractivity contribution is 8.00. The van der Waals surface area contributed by atoms with Crippen molar-refractivity contribution in [1.29, 1.82) is 0 Å². The lowest BCUT2D eigenvalue weighted by molar-refractivity contribution is -0.148. The first-order valence-corrected chi connectivity index (χ1v) is 6.65. The molecular formula is C14H16F2O2S. The smallest absolute Gasteiger partial charge is 0.309 e. The van der Waals surface area contributed by atoms with Gasteiger partial charge in [-0.1, -0.05) is 49.5 Å². The molecule has 0 aromatic heterocycles. The van der Waals surface area contributed by atoms with Gasteiger partial charge in [-0.2, -0.15) is 8.78 Å². The molecule has 1 aromatic rings. The minimum Gasteiger partial charge on any atom is -0.461 e. The van der Waals surface area contributed by atoms with Crippen LogP contribution in [0.2, 0.25) is 0 Å². The first kappa shape index (κ1) is 15.7. The van der Waals surface area contributed by atoms with Crippen molar-refractivity contribution in [3.8, 4) is 0 Å². The molecule has 0 amide bonds. The van der Waals surface area contributed by atoms with E-state index in [1.54, 1.807) is 30.3 Å². The van der Waals surface area contributed by atoms with Crippen molar-refractivity contribution in [3.63, 3.8) is 0 Å². The zero-order chi connectivity index (χ0) is 14.3. The SMILES string of the molecule is C=CCOC(=O)C(C)CC(F)(F)Sc1ccccc1. The Labute approximate surface area is 115 Å². The van der Waals surface area contributed by atoms with Crippen LogP contribution in [-0.2, 0) is 9.53 Å². The summed E-state index contributed by atoms with van der Waals surface area (Å²) >= 11 is 0.454. The largest absolute Gasteiger partial charge is 0.461 e. The van der Waals surface area contributed by atoms with Gasteiger partial charge in [0.05, 0.1) is 5.92 Å². The summed E-state index contributed by atoms with van der Waals surface area (Å²) in [4.78, 5) is 11.9. The van der Waals surface area contributed by atoms with Crippen molar-refractivity contribution in [2.45, 2.75) is 23.5 Å². The Kier molecular flexibility index (Phi) is 6.02. The van der Waals surface area contributed by atoms with Crippen molar-refractivity contribution < 1.29 is 18.3 Å². The van der Waals surface area contributed by atoms with Gasteiger partial charge in [0.2, 0.25) is 0 Å².